The zero-order valence-electron chi connectivity index (χ0n) is 13.6. The molecule has 0 radical (unpaired) electrons. The van der Waals surface area contributed by atoms with Crippen molar-refractivity contribution in [1.82, 2.24) is 0 Å². The molecule has 7 atom stereocenters. The van der Waals surface area contributed by atoms with E-state index < -0.39 is 22.9 Å². The maximum absolute atomic E-state index is 12.7. The van der Waals surface area contributed by atoms with Crippen molar-refractivity contribution in [3.63, 3.8) is 0 Å². The summed E-state index contributed by atoms with van der Waals surface area (Å²) in [5.74, 6) is -0.771. The fourth-order valence-electron chi connectivity index (χ4n) is 7.70. The predicted octanol–water partition coefficient (Wildman–Crippen LogP) is 3.17. The van der Waals surface area contributed by atoms with E-state index >= 15 is 0 Å². The van der Waals surface area contributed by atoms with E-state index in [4.69, 9.17) is 4.74 Å². The van der Waals surface area contributed by atoms with Crippen LogP contribution in [0.5, 0.6) is 0 Å². The van der Waals surface area contributed by atoms with Gasteiger partial charge in [0.25, 0.3) is 0 Å². The molecule has 23 heavy (non-hydrogen) atoms. The molecule has 4 bridgehead atoms. The van der Waals surface area contributed by atoms with Gasteiger partial charge in [0.05, 0.1) is 11.3 Å². The summed E-state index contributed by atoms with van der Waals surface area (Å²) in [6.45, 7) is 6.22. The summed E-state index contributed by atoms with van der Waals surface area (Å²) in [4.78, 5) is 25.0. The van der Waals surface area contributed by atoms with Crippen molar-refractivity contribution in [2.24, 2.45) is 34.5 Å². The third kappa shape index (κ3) is 1.29. The molecule has 1 N–H and O–H groups in total. The highest BCUT2D eigenvalue weighted by Gasteiger charge is 2.81. The minimum absolute atomic E-state index is 0.139. The molecule has 1 spiro atoms. The molecule has 1 saturated heterocycles. The zero-order chi connectivity index (χ0) is 16.2. The Morgan fingerprint density at radius 3 is 2.87 bits per heavy atom. The van der Waals surface area contributed by atoms with Gasteiger partial charge in [0, 0.05) is 11.8 Å². The summed E-state index contributed by atoms with van der Waals surface area (Å²) in [7, 11) is 0. The average molecular weight is 316 g/mol. The van der Waals surface area contributed by atoms with Crippen LogP contribution < -0.4 is 0 Å². The molecular weight excluding hydrogens is 292 g/mol. The topological polar surface area (TPSA) is 63.6 Å². The van der Waals surface area contributed by atoms with E-state index in [0.717, 1.165) is 44.9 Å². The van der Waals surface area contributed by atoms with E-state index in [1.165, 1.54) is 5.57 Å². The van der Waals surface area contributed by atoms with Gasteiger partial charge in [-0.1, -0.05) is 12.2 Å². The van der Waals surface area contributed by atoms with Gasteiger partial charge < -0.3 is 9.84 Å². The van der Waals surface area contributed by atoms with Gasteiger partial charge in [0.2, 0.25) is 0 Å². The van der Waals surface area contributed by atoms with Crippen molar-refractivity contribution >= 4 is 11.9 Å². The van der Waals surface area contributed by atoms with Gasteiger partial charge in [-0.2, -0.15) is 0 Å². The molecule has 0 aromatic heterocycles. The quantitative estimate of drug-likeness (QED) is 0.596. The average Bonchev–Trinajstić information content (AvgIpc) is 2.92. The summed E-state index contributed by atoms with van der Waals surface area (Å²) < 4.78 is 6.10. The lowest BCUT2D eigenvalue weighted by atomic mass is 9.60. The lowest BCUT2D eigenvalue weighted by Crippen LogP contribution is -2.47. The van der Waals surface area contributed by atoms with E-state index in [0.29, 0.717) is 5.92 Å². The standard InChI is InChI=1S/C19H24O4/c1-10-8-18-9-11(10)4-5-12(18)19-7-3-6-17(2,16(22)23-19)14(19)13(18)15(20)21/h11-14H,1,3-9H2,2H3,(H,20,21)/t11?,12-,13-,14?,17+,18+,19-/m1/s1. The molecule has 4 heteroatoms. The number of allylic oxidation sites excluding steroid dienone is 1. The van der Waals surface area contributed by atoms with E-state index in [9.17, 15) is 14.7 Å². The normalized spacial score (nSPS) is 56.2. The van der Waals surface area contributed by atoms with Gasteiger partial charge in [-0.05, 0) is 63.2 Å². The Balaban J connectivity index is 1.75. The molecule has 5 rings (SSSR count). The van der Waals surface area contributed by atoms with Crippen molar-refractivity contribution in [3.8, 4) is 0 Å². The first-order valence-electron chi connectivity index (χ1n) is 8.99. The van der Waals surface area contributed by atoms with Crippen molar-refractivity contribution < 1.29 is 19.4 Å². The van der Waals surface area contributed by atoms with Crippen LogP contribution in [0.15, 0.2) is 12.2 Å². The first-order chi connectivity index (χ1) is 10.9. The molecule has 5 fully saturated rings. The van der Waals surface area contributed by atoms with Gasteiger partial charge >= 0.3 is 11.9 Å². The number of rotatable bonds is 1. The second-order valence-electron chi connectivity index (χ2n) is 9.01. The summed E-state index contributed by atoms with van der Waals surface area (Å²) in [6.07, 6.45) is 6.45. The monoisotopic (exact) mass is 316 g/mol. The number of carbonyl (C=O) groups is 2. The number of hydrogen-bond donors (Lipinski definition) is 1. The first-order valence-corrected chi connectivity index (χ1v) is 8.99. The molecule has 0 aromatic carbocycles. The van der Waals surface area contributed by atoms with Crippen LogP contribution in [0.25, 0.3) is 0 Å². The molecule has 1 aliphatic heterocycles. The van der Waals surface area contributed by atoms with Gasteiger partial charge in [0.15, 0.2) is 0 Å². The van der Waals surface area contributed by atoms with Crippen LogP contribution >= 0.6 is 0 Å². The molecule has 2 unspecified atom stereocenters. The second kappa shape index (κ2) is 3.84. The lowest BCUT2D eigenvalue weighted by Gasteiger charge is -2.43. The number of carboxylic acid groups (broad SMARTS) is 1. The minimum atomic E-state index is -0.719. The number of aliphatic carboxylic acids is 1. The number of hydrogen-bond acceptors (Lipinski definition) is 3. The second-order valence-corrected chi connectivity index (χ2v) is 9.01. The molecule has 0 amide bonds. The number of ether oxygens (including phenoxy) is 1. The summed E-state index contributed by atoms with van der Waals surface area (Å²) in [5.41, 5.74) is -0.0978. The van der Waals surface area contributed by atoms with Gasteiger partial charge in [-0.25, -0.2) is 0 Å². The first kappa shape index (κ1) is 14.1. The Bertz CT molecular complexity index is 654. The number of carboxylic acids is 1. The third-order valence-corrected chi connectivity index (χ3v) is 8.29. The number of esters is 1. The van der Waals surface area contributed by atoms with Crippen LogP contribution in [0.3, 0.4) is 0 Å². The minimum Gasteiger partial charge on any atom is -0.481 e. The molecule has 0 aromatic rings. The van der Waals surface area contributed by atoms with E-state index in [1.807, 2.05) is 6.92 Å². The third-order valence-electron chi connectivity index (χ3n) is 8.29. The SMILES string of the molecule is C=C1C[C@]23CC1CC[C@H]2[C@@]12CCC[C@](C)(C(=O)O1)C2[C@@H]3C(=O)O. The Hall–Kier alpha value is -1.32. The van der Waals surface area contributed by atoms with Crippen LogP contribution in [0.1, 0.15) is 51.9 Å². The maximum Gasteiger partial charge on any atom is 0.312 e. The molecule has 1 heterocycles. The summed E-state index contributed by atoms with van der Waals surface area (Å²) >= 11 is 0. The maximum atomic E-state index is 12.7. The Morgan fingerprint density at radius 1 is 1.35 bits per heavy atom. The summed E-state index contributed by atoms with van der Waals surface area (Å²) in [6, 6.07) is 0. The number of fused-ring (bicyclic) bond motifs is 1. The highest BCUT2D eigenvalue weighted by molar-refractivity contribution is 5.84. The Labute approximate surface area is 136 Å². The molecule has 4 saturated carbocycles. The predicted molar refractivity (Wildman–Crippen MR) is 82.4 cm³/mol. The Morgan fingerprint density at radius 2 is 2.13 bits per heavy atom. The molecular formula is C19H24O4. The van der Waals surface area contributed by atoms with Crippen LogP contribution in [-0.2, 0) is 14.3 Å². The zero-order valence-corrected chi connectivity index (χ0v) is 13.6. The molecule has 124 valence electrons. The van der Waals surface area contributed by atoms with Crippen molar-refractivity contribution in [2.45, 2.75) is 57.5 Å². The van der Waals surface area contributed by atoms with Crippen LogP contribution in [0.4, 0.5) is 0 Å². The van der Waals surface area contributed by atoms with Gasteiger partial charge in [-0.15, -0.1) is 0 Å². The highest BCUT2D eigenvalue weighted by Crippen LogP contribution is 2.77. The highest BCUT2D eigenvalue weighted by atomic mass is 16.6. The molecule has 4 aliphatic carbocycles. The van der Waals surface area contributed by atoms with E-state index in [-0.39, 0.29) is 23.2 Å². The van der Waals surface area contributed by atoms with Crippen molar-refractivity contribution in [3.05, 3.63) is 12.2 Å². The largest absolute Gasteiger partial charge is 0.481 e. The fourth-order valence-corrected chi connectivity index (χ4v) is 7.70. The Kier molecular flexibility index (Phi) is 2.35. The summed E-state index contributed by atoms with van der Waals surface area (Å²) in [5, 5.41) is 10.2. The van der Waals surface area contributed by atoms with E-state index in [1.54, 1.807) is 0 Å². The van der Waals surface area contributed by atoms with Crippen LogP contribution in [0, 0.1) is 34.5 Å². The van der Waals surface area contributed by atoms with Crippen molar-refractivity contribution in [2.75, 3.05) is 0 Å². The number of carbonyl (C=O) groups excluding carboxylic acids is 1. The molecule has 5 aliphatic rings. The van der Waals surface area contributed by atoms with Crippen LogP contribution in [0.2, 0.25) is 0 Å². The van der Waals surface area contributed by atoms with E-state index in [2.05, 4.69) is 6.58 Å². The smallest absolute Gasteiger partial charge is 0.312 e. The van der Waals surface area contributed by atoms with Gasteiger partial charge in [0.1, 0.15) is 5.60 Å². The lowest BCUT2D eigenvalue weighted by molar-refractivity contribution is -0.160. The fraction of sp³-hybridized carbons (Fsp3) is 0.789. The van der Waals surface area contributed by atoms with Crippen molar-refractivity contribution in [1.29, 1.82) is 0 Å². The molecule has 4 nitrogen and oxygen atoms in total. The van der Waals surface area contributed by atoms with Crippen LogP contribution in [-0.4, -0.2) is 22.6 Å². The van der Waals surface area contributed by atoms with Gasteiger partial charge in [-0.3, -0.25) is 9.59 Å².